The van der Waals surface area contributed by atoms with Gasteiger partial charge in [0, 0.05) is 30.1 Å². The van der Waals surface area contributed by atoms with E-state index in [1.807, 2.05) is 24.3 Å². The molecule has 1 aliphatic rings. The van der Waals surface area contributed by atoms with Crippen LogP contribution in [-0.4, -0.2) is 28.1 Å². The second-order valence-corrected chi connectivity index (χ2v) is 5.13. The molecule has 1 atom stereocenters. The highest BCUT2D eigenvalue weighted by Crippen LogP contribution is 2.35. The average Bonchev–Trinajstić information content (AvgIpc) is 2.75. The van der Waals surface area contributed by atoms with Crippen molar-refractivity contribution in [3.05, 3.63) is 35.5 Å². The van der Waals surface area contributed by atoms with E-state index < -0.39 is 0 Å². The van der Waals surface area contributed by atoms with Crippen molar-refractivity contribution in [1.29, 1.82) is 0 Å². The third kappa shape index (κ3) is 1.84. The number of aromatic nitrogens is 1. The fourth-order valence-electron chi connectivity index (χ4n) is 2.88. The summed E-state index contributed by atoms with van der Waals surface area (Å²) in [5, 5.41) is 1.10. The molecule has 0 saturated heterocycles. The van der Waals surface area contributed by atoms with Crippen LogP contribution in [0.2, 0.25) is 0 Å². The molecule has 98 valence electrons. The average molecular weight is 256 g/mol. The Labute approximate surface area is 111 Å². The molecule has 0 bridgehead atoms. The monoisotopic (exact) mass is 256 g/mol. The number of nitrogens with zero attached hydrogens (tertiary/aromatic N) is 1. The molecule has 0 fully saturated rings. The molecule has 19 heavy (non-hydrogen) atoms. The number of Topliss-reactive ketones (excluding diaryl/α,β-unsaturated/α-hetero) is 1. The van der Waals surface area contributed by atoms with Gasteiger partial charge in [-0.25, -0.2) is 0 Å². The van der Waals surface area contributed by atoms with E-state index >= 15 is 0 Å². The number of aromatic amines is 1. The van der Waals surface area contributed by atoms with Crippen molar-refractivity contribution < 1.29 is 9.59 Å². The summed E-state index contributed by atoms with van der Waals surface area (Å²) in [6.07, 6.45) is 0. The first-order chi connectivity index (χ1) is 9.08. The van der Waals surface area contributed by atoms with Gasteiger partial charge in [-0.1, -0.05) is 18.2 Å². The summed E-state index contributed by atoms with van der Waals surface area (Å²) in [5.41, 5.74) is 3.09. The van der Waals surface area contributed by atoms with Crippen LogP contribution in [0.15, 0.2) is 24.3 Å². The molecule has 4 nitrogen and oxygen atoms in total. The minimum absolute atomic E-state index is 0.00977. The Morgan fingerprint density at radius 3 is 2.68 bits per heavy atom. The summed E-state index contributed by atoms with van der Waals surface area (Å²) >= 11 is 0. The van der Waals surface area contributed by atoms with Crippen molar-refractivity contribution in [3.8, 4) is 0 Å². The number of H-pyrrole nitrogens is 1. The van der Waals surface area contributed by atoms with Crippen LogP contribution < -0.4 is 0 Å². The van der Waals surface area contributed by atoms with E-state index in [-0.39, 0.29) is 17.6 Å². The van der Waals surface area contributed by atoms with Crippen LogP contribution in [-0.2, 0) is 16.1 Å². The highest BCUT2D eigenvalue weighted by atomic mass is 16.2. The minimum Gasteiger partial charge on any atom is -0.357 e. The number of carbonyl (C=O) groups excluding carboxylic acids is 2. The maximum absolute atomic E-state index is 11.9. The molecule has 1 aromatic carbocycles. The topological polar surface area (TPSA) is 53.2 Å². The second-order valence-electron chi connectivity index (χ2n) is 5.13. The largest absolute Gasteiger partial charge is 0.357 e. The highest BCUT2D eigenvalue weighted by molar-refractivity contribution is 5.94. The first-order valence-corrected chi connectivity index (χ1v) is 6.43. The molecule has 1 amide bonds. The lowest BCUT2D eigenvalue weighted by Gasteiger charge is -2.31. The number of hydrogen-bond donors (Lipinski definition) is 1. The van der Waals surface area contributed by atoms with Crippen molar-refractivity contribution in [2.24, 2.45) is 0 Å². The molecule has 2 aromatic rings. The van der Waals surface area contributed by atoms with Crippen LogP contribution in [0.25, 0.3) is 10.9 Å². The standard InChI is InChI=1S/C15H16N2O2/c1-9(18)12-7-17(10(2)19)8-14-15(12)11-5-3-4-6-13(11)16-14/h3-6,12,16H,7-8H2,1-2H3. The summed E-state index contributed by atoms with van der Waals surface area (Å²) in [5.74, 6) is -0.101. The van der Waals surface area contributed by atoms with Gasteiger partial charge in [-0.3, -0.25) is 9.59 Å². The SMILES string of the molecule is CC(=O)C1CN(C(C)=O)Cc2[nH]c3ccccc3c21. The molecule has 1 aliphatic heterocycles. The minimum atomic E-state index is -0.219. The van der Waals surface area contributed by atoms with Gasteiger partial charge < -0.3 is 9.88 Å². The number of carbonyl (C=O) groups is 2. The predicted molar refractivity (Wildman–Crippen MR) is 72.8 cm³/mol. The first kappa shape index (κ1) is 12.0. The smallest absolute Gasteiger partial charge is 0.219 e. The van der Waals surface area contributed by atoms with E-state index in [2.05, 4.69) is 4.98 Å². The van der Waals surface area contributed by atoms with Gasteiger partial charge in [0.1, 0.15) is 5.78 Å². The molecular formula is C15H16N2O2. The fraction of sp³-hybridized carbons (Fsp3) is 0.333. The van der Waals surface area contributed by atoms with E-state index in [1.165, 1.54) is 0 Å². The summed E-state index contributed by atoms with van der Waals surface area (Å²) in [6, 6.07) is 7.98. The van der Waals surface area contributed by atoms with Gasteiger partial charge in [-0.15, -0.1) is 0 Å². The first-order valence-electron chi connectivity index (χ1n) is 6.43. The third-order valence-electron chi connectivity index (χ3n) is 3.86. The molecule has 2 heterocycles. The summed E-state index contributed by atoms with van der Waals surface area (Å²) in [7, 11) is 0. The Bertz CT molecular complexity index is 672. The van der Waals surface area contributed by atoms with Crippen molar-refractivity contribution >= 4 is 22.6 Å². The van der Waals surface area contributed by atoms with Gasteiger partial charge in [-0.2, -0.15) is 0 Å². The van der Waals surface area contributed by atoms with Gasteiger partial charge in [0.15, 0.2) is 0 Å². The molecule has 1 unspecified atom stereocenters. The van der Waals surface area contributed by atoms with Gasteiger partial charge in [-0.05, 0) is 18.6 Å². The van der Waals surface area contributed by atoms with Gasteiger partial charge in [0.2, 0.25) is 5.91 Å². The third-order valence-corrected chi connectivity index (χ3v) is 3.86. The number of ketones is 1. The summed E-state index contributed by atoms with van der Waals surface area (Å²) < 4.78 is 0. The molecule has 0 aliphatic carbocycles. The van der Waals surface area contributed by atoms with Crippen molar-refractivity contribution in [2.75, 3.05) is 6.54 Å². The molecule has 1 aromatic heterocycles. The van der Waals surface area contributed by atoms with Gasteiger partial charge in [0.05, 0.1) is 12.5 Å². The molecule has 4 heteroatoms. The van der Waals surface area contributed by atoms with E-state index in [0.717, 1.165) is 22.2 Å². The maximum atomic E-state index is 11.9. The van der Waals surface area contributed by atoms with Crippen LogP contribution in [0.1, 0.15) is 31.0 Å². The quantitative estimate of drug-likeness (QED) is 0.850. The number of fused-ring (bicyclic) bond motifs is 3. The van der Waals surface area contributed by atoms with Gasteiger partial charge >= 0.3 is 0 Å². The van der Waals surface area contributed by atoms with Crippen LogP contribution in [0.4, 0.5) is 0 Å². The van der Waals surface area contributed by atoms with E-state index in [0.29, 0.717) is 13.1 Å². The Balaban J connectivity index is 2.19. The van der Waals surface area contributed by atoms with Crippen LogP contribution in [0.3, 0.4) is 0 Å². The fourth-order valence-corrected chi connectivity index (χ4v) is 2.88. The molecular weight excluding hydrogens is 240 g/mol. The normalized spacial score (nSPS) is 18.4. The van der Waals surface area contributed by atoms with Crippen LogP contribution in [0, 0.1) is 0 Å². The zero-order valence-corrected chi connectivity index (χ0v) is 11.1. The Kier molecular flexibility index (Phi) is 2.66. The molecule has 1 N–H and O–H groups in total. The van der Waals surface area contributed by atoms with E-state index in [4.69, 9.17) is 0 Å². The number of benzene rings is 1. The Hall–Kier alpha value is -2.10. The predicted octanol–water partition coefficient (Wildman–Crippen LogP) is 2.20. The lowest BCUT2D eigenvalue weighted by molar-refractivity contribution is -0.131. The highest BCUT2D eigenvalue weighted by Gasteiger charge is 2.32. The molecule has 0 spiro atoms. The van der Waals surface area contributed by atoms with Crippen LogP contribution in [0.5, 0.6) is 0 Å². The Morgan fingerprint density at radius 2 is 2.00 bits per heavy atom. The van der Waals surface area contributed by atoms with Gasteiger partial charge in [0.25, 0.3) is 0 Å². The number of nitrogens with one attached hydrogen (secondary N) is 1. The zero-order valence-electron chi connectivity index (χ0n) is 11.1. The zero-order chi connectivity index (χ0) is 13.6. The number of rotatable bonds is 1. The van der Waals surface area contributed by atoms with Crippen molar-refractivity contribution in [1.82, 2.24) is 9.88 Å². The number of para-hydroxylation sites is 1. The van der Waals surface area contributed by atoms with Crippen molar-refractivity contribution in [2.45, 2.75) is 26.3 Å². The summed E-state index contributed by atoms with van der Waals surface area (Å²) in [4.78, 5) is 28.6. The van der Waals surface area contributed by atoms with Crippen LogP contribution >= 0.6 is 0 Å². The lowest BCUT2D eigenvalue weighted by atomic mass is 9.89. The molecule has 0 saturated carbocycles. The Morgan fingerprint density at radius 1 is 1.26 bits per heavy atom. The number of amides is 1. The van der Waals surface area contributed by atoms with E-state index in [1.54, 1.807) is 18.7 Å². The molecule has 3 rings (SSSR count). The second kappa shape index (κ2) is 4.23. The maximum Gasteiger partial charge on any atom is 0.219 e. The van der Waals surface area contributed by atoms with Crippen molar-refractivity contribution in [3.63, 3.8) is 0 Å². The van der Waals surface area contributed by atoms with E-state index in [9.17, 15) is 9.59 Å². The molecule has 0 radical (unpaired) electrons. The summed E-state index contributed by atoms with van der Waals surface area (Å²) in [6.45, 7) is 4.19. The lowest BCUT2D eigenvalue weighted by Crippen LogP contribution is -2.38. The number of hydrogen-bond acceptors (Lipinski definition) is 2.